The maximum absolute atomic E-state index is 11.2. The van der Waals surface area contributed by atoms with Gasteiger partial charge in [0.25, 0.3) is 0 Å². The van der Waals surface area contributed by atoms with E-state index in [9.17, 15) is 4.79 Å². The number of hydrogen-bond donors (Lipinski definition) is 2. The van der Waals surface area contributed by atoms with E-state index in [2.05, 4.69) is 10.4 Å². The average molecular weight is 211 g/mol. The molecule has 1 rings (SSSR count). The van der Waals surface area contributed by atoms with Crippen LogP contribution in [0, 0.1) is 6.92 Å². The molecule has 84 valence electrons. The number of amides is 1. The van der Waals surface area contributed by atoms with Crippen LogP contribution in [0.15, 0.2) is 6.20 Å². The van der Waals surface area contributed by atoms with Crippen LogP contribution in [0.3, 0.4) is 0 Å². The second-order valence-corrected chi connectivity index (χ2v) is 3.52. The van der Waals surface area contributed by atoms with Gasteiger partial charge >= 0.3 is 0 Å². The zero-order chi connectivity index (χ0) is 11.3. The van der Waals surface area contributed by atoms with Crippen LogP contribution < -0.4 is 5.32 Å². The van der Waals surface area contributed by atoms with Gasteiger partial charge in [0.2, 0.25) is 5.91 Å². The van der Waals surface area contributed by atoms with Gasteiger partial charge in [0, 0.05) is 38.4 Å². The molecule has 0 saturated carbocycles. The molecule has 0 aromatic carbocycles. The van der Waals surface area contributed by atoms with E-state index >= 15 is 0 Å². The highest BCUT2D eigenvalue weighted by Gasteiger charge is 2.05. The van der Waals surface area contributed by atoms with Crippen molar-refractivity contribution in [1.29, 1.82) is 0 Å². The number of aromatic nitrogens is 2. The van der Waals surface area contributed by atoms with Crippen molar-refractivity contribution in [3.8, 4) is 0 Å². The highest BCUT2D eigenvalue weighted by molar-refractivity contribution is 5.75. The lowest BCUT2D eigenvalue weighted by atomic mass is 10.2. The molecule has 0 bridgehead atoms. The number of nitrogens with one attached hydrogen (secondary N) is 1. The summed E-state index contributed by atoms with van der Waals surface area (Å²) in [5.74, 6) is -0.0349. The molecule has 0 aliphatic rings. The van der Waals surface area contributed by atoms with Crippen molar-refractivity contribution in [2.75, 3.05) is 6.61 Å². The molecular formula is C10H17N3O2. The topological polar surface area (TPSA) is 67.2 Å². The van der Waals surface area contributed by atoms with E-state index in [1.54, 1.807) is 4.68 Å². The number of carbonyl (C=O) groups excluding carboxylic acids is 1. The first kappa shape index (κ1) is 11.7. The highest BCUT2D eigenvalue weighted by atomic mass is 16.3. The number of carbonyl (C=O) groups is 1. The van der Waals surface area contributed by atoms with Gasteiger partial charge in [-0.25, -0.2) is 0 Å². The summed E-state index contributed by atoms with van der Waals surface area (Å²) in [7, 11) is 1.85. The van der Waals surface area contributed by atoms with Crippen LogP contribution in [0.1, 0.15) is 24.1 Å². The Morgan fingerprint density at radius 1 is 1.67 bits per heavy atom. The Bertz CT molecular complexity index is 333. The van der Waals surface area contributed by atoms with Gasteiger partial charge in [-0.05, 0) is 13.3 Å². The van der Waals surface area contributed by atoms with E-state index in [1.165, 1.54) is 0 Å². The van der Waals surface area contributed by atoms with E-state index in [1.807, 2.05) is 20.2 Å². The van der Waals surface area contributed by atoms with Crippen molar-refractivity contribution in [3.63, 3.8) is 0 Å². The minimum absolute atomic E-state index is 0.0349. The number of nitrogens with zero attached hydrogens (tertiary/aromatic N) is 2. The van der Waals surface area contributed by atoms with Crippen molar-refractivity contribution in [2.45, 2.75) is 26.3 Å². The van der Waals surface area contributed by atoms with Crippen LogP contribution in [0.25, 0.3) is 0 Å². The summed E-state index contributed by atoms with van der Waals surface area (Å²) >= 11 is 0. The van der Waals surface area contributed by atoms with Gasteiger partial charge in [0.1, 0.15) is 0 Å². The monoisotopic (exact) mass is 211 g/mol. The normalized spacial score (nSPS) is 10.3. The number of aliphatic hydroxyl groups is 1. The Kier molecular flexibility index (Phi) is 4.30. The second-order valence-electron chi connectivity index (χ2n) is 3.52. The minimum Gasteiger partial charge on any atom is -0.396 e. The third kappa shape index (κ3) is 3.71. The van der Waals surface area contributed by atoms with E-state index in [-0.39, 0.29) is 12.5 Å². The molecule has 1 amide bonds. The van der Waals surface area contributed by atoms with Gasteiger partial charge in [-0.15, -0.1) is 0 Å². The van der Waals surface area contributed by atoms with Gasteiger partial charge in [0.05, 0.1) is 5.69 Å². The smallest absolute Gasteiger partial charge is 0.220 e. The van der Waals surface area contributed by atoms with Gasteiger partial charge in [-0.2, -0.15) is 5.10 Å². The van der Waals surface area contributed by atoms with E-state index in [0.717, 1.165) is 11.3 Å². The number of rotatable bonds is 5. The quantitative estimate of drug-likeness (QED) is 0.726. The second kappa shape index (κ2) is 5.50. The third-order valence-electron chi connectivity index (χ3n) is 2.15. The maximum atomic E-state index is 11.2. The lowest BCUT2D eigenvalue weighted by molar-refractivity contribution is -0.121. The molecule has 1 aromatic heterocycles. The molecule has 0 atom stereocenters. The molecule has 2 N–H and O–H groups in total. The third-order valence-corrected chi connectivity index (χ3v) is 2.15. The molecule has 0 spiro atoms. The summed E-state index contributed by atoms with van der Waals surface area (Å²) < 4.78 is 1.73. The summed E-state index contributed by atoms with van der Waals surface area (Å²) in [5.41, 5.74) is 1.95. The average Bonchev–Trinajstić information content (AvgIpc) is 2.51. The van der Waals surface area contributed by atoms with E-state index in [4.69, 9.17) is 5.11 Å². The summed E-state index contributed by atoms with van der Waals surface area (Å²) in [6.07, 6.45) is 2.77. The standard InChI is InChI=1S/C10H17N3O2/c1-8-9(7-13(2)12-8)6-11-10(15)4-3-5-14/h7,14H,3-6H2,1-2H3,(H,11,15). The summed E-state index contributed by atoms with van der Waals surface area (Å²) in [5, 5.41) is 15.5. The molecule has 1 aromatic rings. The lowest BCUT2D eigenvalue weighted by Gasteiger charge is -2.02. The van der Waals surface area contributed by atoms with Crippen LogP contribution in [0.2, 0.25) is 0 Å². The molecule has 0 fully saturated rings. The summed E-state index contributed by atoms with van der Waals surface area (Å²) in [6.45, 7) is 2.47. The Hall–Kier alpha value is -1.36. The van der Waals surface area contributed by atoms with Crippen LogP contribution in [0.4, 0.5) is 0 Å². The lowest BCUT2D eigenvalue weighted by Crippen LogP contribution is -2.22. The van der Waals surface area contributed by atoms with Gasteiger partial charge in [0.15, 0.2) is 0 Å². The van der Waals surface area contributed by atoms with Crippen molar-refractivity contribution < 1.29 is 9.90 Å². The predicted octanol–water partition coefficient (Wildman–Crippen LogP) is 0.117. The minimum atomic E-state index is -0.0349. The first-order valence-corrected chi connectivity index (χ1v) is 5.00. The fourth-order valence-electron chi connectivity index (χ4n) is 1.34. The molecule has 0 radical (unpaired) electrons. The van der Waals surface area contributed by atoms with Crippen LogP contribution in [0.5, 0.6) is 0 Å². The number of aliphatic hydroxyl groups excluding tert-OH is 1. The zero-order valence-electron chi connectivity index (χ0n) is 9.16. The first-order valence-electron chi connectivity index (χ1n) is 5.00. The molecule has 0 aliphatic heterocycles. The summed E-state index contributed by atoms with van der Waals surface area (Å²) in [4.78, 5) is 11.2. The number of aryl methyl sites for hydroxylation is 2. The highest BCUT2D eigenvalue weighted by Crippen LogP contribution is 2.03. The van der Waals surface area contributed by atoms with Crippen molar-refractivity contribution in [1.82, 2.24) is 15.1 Å². The molecular weight excluding hydrogens is 194 g/mol. The largest absolute Gasteiger partial charge is 0.396 e. The van der Waals surface area contributed by atoms with Gasteiger partial charge in [-0.1, -0.05) is 0 Å². The first-order chi connectivity index (χ1) is 7.13. The van der Waals surface area contributed by atoms with Crippen molar-refractivity contribution >= 4 is 5.91 Å². The predicted molar refractivity (Wildman–Crippen MR) is 56.1 cm³/mol. The zero-order valence-corrected chi connectivity index (χ0v) is 9.16. The number of hydrogen-bond acceptors (Lipinski definition) is 3. The molecule has 5 nitrogen and oxygen atoms in total. The SMILES string of the molecule is Cc1nn(C)cc1CNC(=O)CCCO. The molecule has 5 heteroatoms. The molecule has 0 saturated heterocycles. The fraction of sp³-hybridized carbons (Fsp3) is 0.600. The van der Waals surface area contributed by atoms with Gasteiger partial charge < -0.3 is 10.4 Å². The maximum Gasteiger partial charge on any atom is 0.220 e. The van der Waals surface area contributed by atoms with Crippen LogP contribution in [-0.2, 0) is 18.4 Å². The molecule has 1 heterocycles. The fourth-order valence-corrected chi connectivity index (χ4v) is 1.34. The Balaban J connectivity index is 2.36. The summed E-state index contributed by atoms with van der Waals surface area (Å²) in [6, 6.07) is 0. The Morgan fingerprint density at radius 3 is 2.93 bits per heavy atom. The van der Waals surface area contributed by atoms with Crippen LogP contribution in [-0.4, -0.2) is 27.4 Å². The van der Waals surface area contributed by atoms with E-state index < -0.39 is 0 Å². The molecule has 0 aliphatic carbocycles. The Labute approximate surface area is 89.1 Å². The molecule has 0 unspecified atom stereocenters. The van der Waals surface area contributed by atoms with Gasteiger partial charge in [-0.3, -0.25) is 9.48 Å². The Morgan fingerprint density at radius 2 is 2.40 bits per heavy atom. The van der Waals surface area contributed by atoms with Crippen molar-refractivity contribution in [3.05, 3.63) is 17.5 Å². The van der Waals surface area contributed by atoms with Crippen molar-refractivity contribution in [2.24, 2.45) is 7.05 Å². The molecule has 15 heavy (non-hydrogen) atoms. The van der Waals surface area contributed by atoms with E-state index in [0.29, 0.717) is 19.4 Å². The van der Waals surface area contributed by atoms with Crippen LogP contribution >= 0.6 is 0 Å².